The predicted molar refractivity (Wildman–Crippen MR) is 83.0 cm³/mol. The van der Waals surface area contributed by atoms with Crippen LogP contribution in [0, 0.1) is 11.6 Å². The van der Waals surface area contributed by atoms with E-state index >= 15 is 0 Å². The average Bonchev–Trinajstić information content (AvgIpc) is 2.44. The molecule has 0 amide bonds. The summed E-state index contributed by atoms with van der Waals surface area (Å²) in [5.41, 5.74) is -1.30. The van der Waals surface area contributed by atoms with Gasteiger partial charge in [0, 0.05) is 12.1 Å². The molecule has 8 heteroatoms. The number of carboxylic acid groups (broad SMARTS) is 1. The molecule has 0 aliphatic carbocycles. The minimum absolute atomic E-state index is 0.0441. The summed E-state index contributed by atoms with van der Waals surface area (Å²) in [5.74, 6) is -4.00. The van der Waals surface area contributed by atoms with E-state index in [-0.39, 0.29) is 16.7 Å². The highest BCUT2D eigenvalue weighted by molar-refractivity contribution is 6.31. The molecular formula is C16H14ClF2NO4. The van der Waals surface area contributed by atoms with Crippen LogP contribution in [0.15, 0.2) is 24.4 Å². The smallest absolute Gasteiger partial charge is 0.338 e. The van der Waals surface area contributed by atoms with Gasteiger partial charge >= 0.3 is 5.97 Å². The second-order valence-corrected chi connectivity index (χ2v) is 6.25. The van der Waals surface area contributed by atoms with Crippen molar-refractivity contribution < 1.29 is 28.2 Å². The number of benzene rings is 1. The lowest BCUT2D eigenvalue weighted by Gasteiger charge is -2.21. The zero-order chi connectivity index (χ0) is 18.1. The molecule has 0 aliphatic heterocycles. The third-order valence-corrected chi connectivity index (χ3v) is 2.94. The zero-order valence-electron chi connectivity index (χ0n) is 13.1. The number of hydrogen-bond donors (Lipinski definition) is 1. The van der Waals surface area contributed by atoms with Gasteiger partial charge in [-0.3, -0.25) is 0 Å². The summed E-state index contributed by atoms with van der Waals surface area (Å²) in [7, 11) is 0. The quantitative estimate of drug-likeness (QED) is 0.860. The minimum Gasteiger partial charge on any atom is -0.478 e. The molecule has 2 aromatic rings. The fourth-order valence-electron chi connectivity index (χ4n) is 1.73. The van der Waals surface area contributed by atoms with Crippen molar-refractivity contribution >= 4 is 17.6 Å². The molecule has 2 rings (SSSR count). The number of hydrogen-bond acceptors (Lipinski definition) is 4. The average molecular weight is 358 g/mol. The van der Waals surface area contributed by atoms with Crippen LogP contribution in [0.5, 0.6) is 17.4 Å². The molecule has 24 heavy (non-hydrogen) atoms. The van der Waals surface area contributed by atoms with Crippen LogP contribution >= 0.6 is 11.6 Å². The molecule has 1 aromatic carbocycles. The second-order valence-electron chi connectivity index (χ2n) is 5.84. The van der Waals surface area contributed by atoms with Crippen molar-refractivity contribution in [3.05, 3.63) is 46.6 Å². The summed E-state index contributed by atoms with van der Waals surface area (Å²) in [6, 6.07) is 2.52. The first-order valence-electron chi connectivity index (χ1n) is 6.81. The van der Waals surface area contributed by atoms with E-state index in [1.54, 1.807) is 0 Å². The number of ether oxygens (including phenoxy) is 2. The first-order valence-corrected chi connectivity index (χ1v) is 7.19. The third-order valence-electron chi connectivity index (χ3n) is 2.66. The van der Waals surface area contributed by atoms with Crippen LogP contribution in [0.4, 0.5) is 8.78 Å². The van der Waals surface area contributed by atoms with E-state index in [2.05, 4.69) is 4.98 Å². The summed E-state index contributed by atoms with van der Waals surface area (Å²) in [6.45, 7) is 5.45. The number of nitrogens with zero attached hydrogens (tertiary/aromatic N) is 1. The molecule has 0 aliphatic rings. The Hall–Kier alpha value is -2.41. The fraction of sp³-hybridized carbons (Fsp3) is 0.250. The van der Waals surface area contributed by atoms with E-state index < -0.39 is 34.5 Å². The summed E-state index contributed by atoms with van der Waals surface area (Å²) < 4.78 is 38.2. The van der Waals surface area contributed by atoms with Gasteiger partial charge < -0.3 is 14.6 Å². The van der Waals surface area contributed by atoms with Gasteiger partial charge in [-0.2, -0.15) is 0 Å². The highest BCUT2D eigenvalue weighted by Gasteiger charge is 2.18. The Labute approximate surface area is 141 Å². The van der Waals surface area contributed by atoms with Gasteiger partial charge in [-0.05, 0) is 26.8 Å². The van der Waals surface area contributed by atoms with Crippen molar-refractivity contribution in [3.63, 3.8) is 0 Å². The van der Waals surface area contributed by atoms with Gasteiger partial charge in [-0.15, -0.1) is 0 Å². The summed E-state index contributed by atoms with van der Waals surface area (Å²) in [5, 5.41) is 8.87. The van der Waals surface area contributed by atoms with Crippen molar-refractivity contribution in [1.82, 2.24) is 4.98 Å². The number of carboxylic acids is 1. The maximum atomic E-state index is 13.8. The third kappa shape index (κ3) is 4.32. The molecule has 0 fully saturated rings. The Balaban J connectivity index is 2.27. The van der Waals surface area contributed by atoms with Crippen molar-refractivity contribution in [3.8, 4) is 17.4 Å². The van der Waals surface area contributed by atoms with Crippen molar-refractivity contribution in [1.29, 1.82) is 0 Å². The zero-order valence-corrected chi connectivity index (χ0v) is 13.8. The monoisotopic (exact) mass is 357 g/mol. The van der Waals surface area contributed by atoms with E-state index in [1.807, 2.05) is 20.8 Å². The SMILES string of the molecule is CC(C)(C)Oc1ncc(Oc2cc(F)c(C(=O)O)cc2F)cc1Cl. The maximum absolute atomic E-state index is 13.8. The van der Waals surface area contributed by atoms with Crippen LogP contribution < -0.4 is 9.47 Å². The highest BCUT2D eigenvalue weighted by Crippen LogP contribution is 2.32. The van der Waals surface area contributed by atoms with Crippen LogP contribution in [0.1, 0.15) is 31.1 Å². The van der Waals surface area contributed by atoms with Gasteiger partial charge in [0.25, 0.3) is 0 Å². The van der Waals surface area contributed by atoms with E-state index in [9.17, 15) is 13.6 Å². The van der Waals surface area contributed by atoms with Crippen LogP contribution in [0.3, 0.4) is 0 Å². The Kier molecular flexibility index (Phi) is 4.94. The molecule has 0 atom stereocenters. The molecule has 0 radical (unpaired) electrons. The van der Waals surface area contributed by atoms with Gasteiger partial charge in [-0.1, -0.05) is 11.6 Å². The molecule has 1 aromatic heterocycles. The van der Waals surface area contributed by atoms with Crippen molar-refractivity contribution in [2.45, 2.75) is 26.4 Å². The molecular weight excluding hydrogens is 344 g/mol. The number of halogens is 3. The Morgan fingerprint density at radius 3 is 2.42 bits per heavy atom. The maximum Gasteiger partial charge on any atom is 0.338 e. The Morgan fingerprint density at radius 2 is 1.88 bits per heavy atom. The predicted octanol–water partition coefficient (Wildman–Crippen LogP) is 4.68. The van der Waals surface area contributed by atoms with Gasteiger partial charge in [0.15, 0.2) is 11.6 Å². The van der Waals surface area contributed by atoms with Crippen molar-refractivity contribution in [2.75, 3.05) is 0 Å². The van der Waals surface area contributed by atoms with Crippen LogP contribution in [0.2, 0.25) is 5.02 Å². The molecule has 0 spiro atoms. The molecule has 0 saturated heterocycles. The van der Waals surface area contributed by atoms with Gasteiger partial charge in [0.1, 0.15) is 22.2 Å². The molecule has 0 saturated carbocycles. The molecule has 0 bridgehead atoms. The highest BCUT2D eigenvalue weighted by atomic mass is 35.5. The normalized spacial score (nSPS) is 11.2. The van der Waals surface area contributed by atoms with Crippen LogP contribution in [-0.4, -0.2) is 21.7 Å². The lowest BCUT2D eigenvalue weighted by Crippen LogP contribution is -2.23. The lowest BCUT2D eigenvalue weighted by molar-refractivity contribution is 0.0691. The Bertz CT molecular complexity index is 790. The number of pyridine rings is 1. The molecule has 5 nitrogen and oxygen atoms in total. The number of rotatable bonds is 4. The van der Waals surface area contributed by atoms with Crippen LogP contribution in [-0.2, 0) is 0 Å². The fourth-order valence-corrected chi connectivity index (χ4v) is 1.92. The number of carbonyl (C=O) groups is 1. The number of aromatic carboxylic acids is 1. The molecule has 128 valence electrons. The van der Waals surface area contributed by atoms with E-state index in [1.165, 1.54) is 12.3 Å². The first kappa shape index (κ1) is 17.9. The van der Waals surface area contributed by atoms with E-state index in [0.29, 0.717) is 12.1 Å². The first-order chi connectivity index (χ1) is 11.1. The minimum atomic E-state index is -1.58. The van der Waals surface area contributed by atoms with Gasteiger partial charge in [0.05, 0.1) is 11.8 Å². The lowest BCUT2D eigenvalue weighted by atomic mass is 10.2. The second kappa shape index (κ2) is 6.60. The molecule has 1 N–H and O–H groups in total. The number of aromatic nitrogens is 1. The summed E-state index contributed by atoms with van der Waals surface area (Å²) in [4.78, 5) is 14.7. The molecule has 0 unspecified atom stereocenters. The standard InChI is InChI=1S/C16H14ClF2NO4/c1-16(2,3)24-14-10(17)4-8(7-20-14)23-13-6-11(18)9(15(21)22)5-12(13)19/h4-7H,1-3H3,(H,21,22). The van der Waals surface area contributed by atoms with Gasteiger partial charge in [0.2, 0.25) is 5.88 Å². The topological polar surface area (TPSA) is 68.7 Å². The molecule has 1 heterocycles. The van der Waals surface area contributed by atoms with Gasteiger partial charge in [-0.25, -0.2) is 18.6 Å². The largest absolute Gasteiger partial charge is 0.478 e. The van der Waals surface area contributed by atoms with E-state index in [4.69, 9.17) is 26.2 Å². The van der Waals surface area contributed by atoms with E-state index in [0.717, 1.165) is 0 Å². The summed E-state index contributed by atoms with van der Waals surface area (Å²) in [6.07, 6.45) is 1.23. The summed E-state index contributed by atoms with van der Waals surface area (Å²) >= 11 is 6.03. The Morgan fingerprint density at radius 1 is 1.21 bits per heavy atom. The van der Waals surface area contributed by atoms with Crippen LogP contribution in [0.25, 0.3) is 0 Å². The van der Waals surface area contributed by atoms with Crippen molar-refractivity contribution in [2.24, 2.45) is 0 Å².